The van der Waals surface area contributed by atoms with Crippen molar-refractivity contribution in [1.82, 2.24) is 0 Å². The number of methoxy groups -OCH3 is 1. The van der Waals surface area contributed by atoms with Crippen LogP contribution in [0.25, 0.3) is 0 Å². The molecule has 2 aromatic carbocycles. The van der Waals surface area contributed by atoms with Gasteiger partial charge in [0.05, 0.1) is 19.3 Å². The minimum absolute atomic E-state index is 0.0471. The van der Waals surface area contributed by atoms with Crippen LogP contribution in [-0.2, 0) is 9.59 Å². The second-order valence-electron chi connectivity index (χ2n) is 5.53. The van der Waals surface area contributed by atoms with E-state index in [0.717, 1.165) is 16.9 Å². The summed E-state index contributed by atoms with van der Waals surface area (Å²) in [6.07, 6.45) is 0.415. The summed E-state index contributed by atoms with van der Waals surface area (Å²) in [5, 5.41) is 8.71. The zero-order valence-electron chi connectivity index (χ0n) is 14.7. The van der Waals surface area contributed by atoms with Gasteiger partial charge in [0.15, 0.2) is 0 Å². The highest BCUT2D eigenvalue weighted by Crippen LogP contribution is 2.23. The zero-order valence-corrected chi connectivity index (χ0v) is 14.7. The molecule has 0 unspecified atom stereocenters. The molecule has 0 atom stereocenters. The van der Waals surface area contributed by atoms with Crippen LogP contribution in [0, 0.1) is 6.92 Å². The number of carbonyl (C=O) groups excluding carboxylic acids is 2. The average Bonchev–Trinajstić information content (AvgIpc) is 2.62. The summed E-state index contributed by atoms with van der Waals surface area (Å²) < 4.78 is 5.21. The minimum atomic E-state index is -0.191. The van der Waals surface area contributed by atoms with Crippen molar-refractivity contribution >= 4 is 28.9 Å². The van der Waals surface area contributed by atoms with Crippen LogP contribution in [0.15, 0.2) is 42.5 Å². The van der Waals surface area contributed by atoms with Gasteiger partial charge in [-0.25, -0.2) is 0 Å². The van der Waals surface area contributed by atoms with E-state index in [-0.39, 0.29) is 18.4 Å². The van der Waals surface area contributed by atoms with E-state index in [2.05, 4.69) is 16.0 Å². The first kappa shape index (κ1) is 18.3. The van der Waals surface area contributed by atoms with Gasteiger partial charge in [0.1, 0.15) is 5.75 Å². The fourth-order valence-corrected chi connectivity index (χ4v) is 2.23. The molecule has 2 rings (SSSR count). The number of rotatable bonds is 7. The van der Waals surface area contributed by atoms with E-state index < -0.39 is 0 Å². The number of ether oxygens (including phenoxy) is 1. The monoisotopic (exact) mass is 341 g/mol. The molecule has 3 N–H and O–H groups in total. The Hall–Kier alpha value is -3.02. The molecule has 132 valence electrons. The molecule has 0 aliphatic rings. The van der Waals surface area contributed by atoms with E-state index in [1.807, 2.05) is 37.3 Å². The molecule has 6 nitrogen and oxygen atoms in total. The molecule has 0 spiro atoms. The number of nitrogens with one attached hydrogen (secondary N) is 3. The summed E-state index contributed by atoms with van der Waals surface area (Å²) >= 11 is 0. The van der Waals surface area contributed by atoms with Crippen LogP contribution < -0.4 is 20.7 Å². The van der Waals surface area contributed by atoms with Gasteiger partial charge in [0.2, 0.25) is 11.8 Å². The average molecular weight is 341 g/mol. The van der Waals surface area contributed by atoms with Crippen molar-refractivity contribution in [3.8, 4) is 5.75 Å². The van der Waals surface area contributed by atoms with Gasteiger partial charge in [-0.3, -0.25) is 9.59 Å². The van der Waals surface area contributed by atoms with E-state index in [0.29, 0.717) is 17.9 Å². The molecule has 0 heterocycles. The summed E-state index contributed by atoms with van der Waals surface area (Å²) in [4.78, 5) is 23.7. The fourth-order valence-electron chi connectivity index (χ4n) is 2.23. The lowest BCUT2D eigenvalue weighted by molar-refractivity contribution is -0.116. The third-order valence-electron chi connectivity index (χ3n) is 3.67. The Kier molecular flexibility index (Phi) is 6.39. The van der Waals surface area contributed by atoms with E-state index in [4.69, 9.17) is 4.74 Å². The smallest absolute Gasteiger partial charge is 0.243 e. The number of carbonyl (C=O) groups is 2. The van der Waals surface area contributed by atoms with Crippen molar-refractivity contribution in [1.29, 1.82) is 0 Å². The molecular weight excluding hydrogens is 318 g/mol. The van der Waals surface area contributed by atoms with Gasteiger partial charge in [0.25, 0.3) is 0 Å². The maximum absolute atomic E-state index is 12.1. The lowest BCUT2D eigenvalue weighted by Crippen LogP contribution is -2.22. The highest BCUT2D eigenvalue weighted by molar-refractivity contribution is 5.95. The number of hydrogen-bond donors (Lipinski definition) is 3. The number of para-hydroxylation sites is 2. The van der Waals surface area contributed by atoms with Crippen molar-refractivity contribution in [3.05, 3.63) is 48.0 Å². The van der Waals surface area contributed by atoms with Crippen LogP contribution in [0.5, 0.6) is 5.75 Å². The number of amides is 2. The Balaban J connectivity index is 1.97. The Morgan fingerprint density at radius 2 is 1.72 bits per heavy atom. The largest absolute Gasteiger partial charge is 0.495 e. The van der Waals surface area contributed by atoms with E-state index in [9.17, 15) is 9.59 Å². The van der Waals surface area contributed by atoms with Crippen LogP contribution in [-0.4, -0.2) is 25.5 Å². The third-order valence-corrected chi connectivity index (χ3v) is 3.67. The van der Waals surface area contributed by atoms with E-state index in [1.165, 1.54) is 0 Å². The molecule has 0 saturated heterocycles. The summed E-state index contributed by atoms with van der Waals surface area (Å²) in [7, 11) is 1.56. The Morgan fingerprint density at radius 1 is 1.00 bits per heavy atom. The number of anilines is 3. The van der Waals surface area contributed by atoms with Gasteiger partial charge in [-0.1, -0.05) is 25.1 Å². The minimum Gasteiger partial charge on any atom is -0.495 e. The van der Waals surface area contributed by atoms with Crippen LogP contribution >= 0.6 is 0 Å². The molecule has 0 radical (unpaired) electrons. The zero-order chi connectivity index (χ0) is 18.2. The van der Waals surface area contributed by atoms with Gasteiger partial charge < -0.3 is 20.7 Å². The molecule has 2 amide bonds. The van der Waals surface area contributed by atoms with Gasteiger partial charge in [-0.2, -0.15) is 0 Å². The first-order valence-corrected chi connectivity index (χ1v) is 8.10. The van der Waals surface area contributed by atoms with Crippen molar-refractivity contribution in [3.63, 3.8) is 0 Å². The van der Waals surface area contributed by atoms with Crippen LogP contribution in [0.4, 0.5) is 17.1 Å². The Bertz CT molecular complexity index is 759. The van der Waals surface area contributed by atoms with E-state index >= 15 is 0 Å². The van der Waals surface area contributed by atoms with Gasteiger partial charge in [0, 0.05) is 17.8 Å². The fraction of sp³-hybridized carbons (Fsp3) is 0.263. The number of hydrogen-bond acceptors (Lipinski definition) is 4. The molecule has 0 aromatic heterocycles. The molecule has 0 aliphatic carbocycles. The normalized spacial score (nSPS) is 10.0. The topological polar surface area (TPSA) is 79.5 Å². The summed E-state index contributed by atoms with van der Waals surface area (Å²) in [6, 6.07) is 12.8. The molecule has 2 aromatic rings. The quantitative estimate of drug-likeness (QED) is 0.721. The predicted molar refractivity (Wildman–Crippen MR) is 100 cm³/mol. The summed E-state index contributed by atoms with van der Waals surface area (Å²) in [5.41, 5.74) is 3.08. The van der Waals surface area contributed by atoms with Crippen molar-refractivity contribution in [2.24, 2.45) is 0 Å². The first-order valence-electron chi connectivity index (χ1n) is 8.10. The van der Waals surface area contributed by atoms with Gasteiger partial charge >= 0.3 is 0 Å². The predicted octanol–water partition coefficient (Wildman–Crippen LogP) is 3.40. The van der Waals surface area contributed by atoms with Crippen LogP contribution in [0.2, 0.25) is 0 Å². The maximum Gasteiger partial charge on any atom is 0.243 e. The van der Waals surface area contributed by atoms with Crippen molar-refractivity contribution in [2.75, 3.05) is 29.6 Å². The molecule has 0 bridgehead atoms. The highest BCUT2D eigenvalue weighted by Gasteiger charge is 2.08. The van der Waals surface area contributed by atoms with Gasteiger partial charge in [-0.05, 0) is 36.8 Å². The first-order chi connectivity index (χ1) is 12.0. The maximum atomic E-state index is 12.1. The molecule has 6 heteroatoms. The summed E-state index contributed by atoms with van der Waals surface area (Å²) in [6.45, 7) is 3.82. The lowest BCUT2D eigenvalue weighted by atomic mass is 10.1. The van der Waals surface area contributed by atoms with E-state index in [1.54, 1.807) is 26.2 Å². The molecule has 0 saturated carbocycles. The van der Waals surface area contributed by atoms with Crippen molar-refractivity contribution < 1.29 is 14.3 Å². The highest BCUT2D eigenvalue weighted by atomic mass is 16.5. The summed E-state index contributed by atoms with van der Waals surface area (Å²) in [5.74, 6) is 0.370. The SMILES string of the molecule is CCC(=O)Nc1cc(NCC(=O)Nc2ccccc2OC)ccc1C. The standard InChI is InChI=1S/C19H23N3O3/c1-4-18(23)22-16-11-14(10-9-13(16)2)20-12-19(24)21-15-7-5-6-8-17(15)25-3/h5-11,20H,4,12H2,1-3H3,(H,21,24)(H,22,23). The second kappa shape index (κ2) is 8.73. The second-order valence-corrected chi connectivity index (χ2v) is 5.53. The molecular formula is C19H23N3O3. The third kappa shape index (κ3) is 5.24. The number of aryl methyl sites for hydroxylation is 1. The van der Waals surface area contributed by atoms with Crippen molar-refractivity contribution in [2.45, 2.75) is 20.3 Å². The number of benzene rings is 2. The molecule has 0 fully saturated rings. The van der Waals surface area contributed by atoms with Crippen LogP contribution in [0.3, 0.4) is 0 Å². The van der Waals surface area contributed by atoms with Gasteiger partial charge in [-0.15, -0.1) is 0 Å². The Labute approximate surface area is 147 Å². The lowest BCUT2D eigenvalue weighted by Gasteiger charge is -2.13. The Morgan fingerprint density at radius 3 is 2.44 bits per heavy atom. The van der Waals surface area contributed by atoms with Crippen LogP contribution in [0.1, 0.15) is 18.9 Å². The molecule has 0 aliphatic heterocycles. The molecule has 25 heavy (non-hydrogen) atoms.